The zero-order chi connectivity index (χ0) is 22.3. The van der Waals surface area contributed by atoms with Gasteiger partial charge in [0.2, 0.25) is 10.0 Å². The SMILES string of the molecule is C[C@H]1CCN(S(=O)(=O)c2cc(-c3ncc(-c4ccc(Br)c(F)c4)[nH]3)ccc2Cl)C[C@@H]1O. The molecule has 2 atom stereocenters. The Labute approximate surface area is 193 Å². The van der Waals surface area contributed by atoms with Crippen LogP contribution in [0.15, 0.2) is 52.0 Å². The number of H-pyrrole nitrogens is 1. The summed E-state index contributed by atoms with van der Waals surface area (Å²) in [4.78, 5) is 7.38. The summed E-state index contributed by atoms with van der Waals surface area (Å²) >= 11 is 9.37. The van der Waals surface area contributed by atoms with Crippen LogP contribution >= 0.6 is 27.5 Å². The van der Waals surface area contributed by atoms with Gasteiger partial charge in [0.1, 0.15) is 16.5 Å². The summed E-state index contributed by atoms with van der Waals surface area (Å²) in [7, 11) is -3.89. The molecule has 31 heavy (non-hydrogen) atoms. The second-order valence-corrected chi connectivity index (χ2v) is 10.8. The van der Waals surface area contributed by atoms with Gasteiger partial charge in [-0.1, -0.05) is 24.6 Å². The molecule has 1 aromatic heterocycles. The van der Waals surface area contributed by atoms with Gasteiger partial charge < -0.3 is 10.1 Å². The van der Waals surface area contributed by atoms with Gasteiger partial charge in [0.05, 0.1) is 27.5 Å². The van der Waals surface area contributed by atoms with Gasteiger partial charge in [0, 0.05) is 24.2 Å². The largest absolute Gasteiger partial charge is 0.391 e. The van der Waals surface area contributed by atoms with E-state index in [-0.39, 0.29) is 22.4 Å². The number of imidazole rings is 1. The third-order valence-electron chi connectivity index (χ3n) is 5.51. The van der Waals surface area contributed by atoms with Crippen LogP contribution in [0.5, 0.6) is 0 Å². The summed E-state index contributed by atoms with van der Waals surface area (Å²) in [5.74, 6) is 0.0727. The van der Waals surface area contributed by atoms with Crippen LogP contribution in [-0.2, 0) is 10.0 Å². The molecule has 2 N–H and O–H groups in total. The number of aliphatic hydroxyl groups is 1. The summed E-state index contributed by atoms with van der Waals surface area (Å²) in [6, 6.07) is 9.36. The van der Waals surface area contributed by atoms with E-state index in [2.05, 4.69) is 25.9 Å². The minimum absolute atomic E-state index is 0.0318. The number of aromatic nitrogens is 2. The number of aromatic amines is 1. The Bertz CT molecular complexity index is 1230. The predicted octanol–water partition coefficient (Wildman–Crippen LogP) is 4.69. The number of rotatable bonds is 4. The molecule has 2 aromatic carbocycles. The van der Waals surface area contributed by atoms with Gasteiger partial charge in [-0.2, -0.15) is 4.31 Å². The second-order valence-electron chi connectivity index (χ2n) is 7.62. The third kappa shape index (κ3) is 4.42. The molecule has 0 bridgehead atoms. The zero-order valence-corrected chi connectivity index (χ0v) is 19.7. The molecule has 0 aliphatic carbocycles. The number of nitrogens with one attached hydrogen (secondary N) is 1. The van der Waals surface area contributed by atoms with Crippen LogP contribution in [0.3, 0.4) is 0 Å². The summed E-state index contributed by atoms with van der Waals surface area (Å²) in [5.41, 5.74) is 1.73. The molecular weight excluding hydrogens is 509 g/mol. The number of nitrogens with zero attached hydrogens (tertiary/aromatic N) is 2. The second kappa shape index (κ2) is 8.63. The third-order valence-corrected chi connectivity index (χ3v) is 8.50. The van der Waals surface area contributed by atoms with E-state index in [0.717, 1.165) is 0 Å². The molecule has 0 saturated carbocycles. The monoisotopic (exact) mass is 527 g/mol. The fraction of sp³-hybridized carbons (Fsp3) is 0.286. The van der Waals surface area contributed by atoms with E-state index >= 15 is 0 Å². The molecule has 1 saturated heterocycles. The molecule has 1 aliphatic heterocycles. The summed E-state index contributed by atoms with van der Waals surface area (Å²) < 4.78 is 41.9. The van der Waals surface area contributed by atoms with Crippen molar-refractivity contribution in [3.05, 3.63) is 57.9 Å². The van der Waals surface area contributed by atoms with Gasteiger partial charge >= 0.3 is 0 Å². The highest BCUT2D eigenvalue weighted by Gasteiger charge is 2.34. The van der Waals surface area contributed by atoms with Crippen molar-refractivity contribution in [2.24, 2.45) is 5.92 Å². The van der Waals surface area contributed by atoms with Gasteiger partial charge in [0.25, 0.3) is 0 Å². The van der Waals surface area contributed by atoms with Crippen LogP contribution in [0.25, 0.3) is 22.6 Å². The molecule has 2 heterocycles. The van der Waals surface area contributed by atoms with Crippen molar-refractivity contribution in [1.82, 2.24) is 14.3 Å². The Morgan fingerprint density at radius 1 is 1.26 bits per heavy atom. The highest BCUT2D eigenvalue weighted by atomic mass is 79.9. The van der Waals surface area contributed by atoms with E-state index in [1.807, 2.05) is 6.92 Å². The maximum Gasteiger partial charge on any atom is 0.244 e. The smallest absolute Gasteiger partial charge is 0.244 e. The number of aliphatic hydroxyl groups excluding tert-OH is 1. The first-order chi connectivity index (χ1) is 14.7. The number of halogens is 3. The van der Waals surface area contributed by atoms with Gasteiger partial charge in [-0.3, -0.25) is 0 Å². The van der Waals surface area contributed by atoms with Crippen molar-refractivity contribution in [1.29, 1.82) is 0 Å². The van der Waals surface area contributed by atoms with Gasteiger partial charge in [-0.15, -0.1) is 0 Å². The first-order valence-electron chi connectivity index (χ1n) is 9.65. The first kappa shape index (κ1) is 22.4. The average molecular weight is 529 g/mol. The average Bonchev–Trinajstić information content (AvgIpc) is 3.22. The molecule has 3 aromatic rings. The van der Waals surface area contributed by atoms with E-state index < -0.39 is 21.9 Å². The Hall–Kier alpha value is -1.78. The van der Waals surface area contributed by atoms with Crippen LogP contribution < -0.4 is 0 Å². The number of hydrogen-bond donors (Lipinski definition) is 2. The lowest BCUT2D eigenvalue weighted by Gasteiger charge is -2.33. The molecule has 1 aliphatic rings. The molecule has 6 nitrogen and oxygen atoms in total. The minimum Gasteiger partial charge on any atom is -0.391 e. The number of piperidine rings is 1. The topological polar surface area (TPSA) is 86.3 Å². The molecule has 10 heteroatoms. The Kier molecular flexibility index (Phi) is 6.24. The van der Waals surface area contributed by atoms with Crippen molar-refractivity contribution in [3.8, 4) is 22.6 Å². The fourth-order valence-corrected chi connectivity index (χ4v) is 5.72. The Morgan fingerprint density at radius 2 is 2.00 bits per heavy atom. The van der Waals surface area contributed by atoms with E-state index in [9.17, 15) is 17.9 Å². The fourth-order valence-electron chi connectivity index (χ4n) is 3.50. The van der Waals surface area contributed by atoms with Crippen LogP contribution in [0.2, 0.25) is 5.02 Å². The number of benzene rings is 2. The van der Waals surface area contributed by atoms with Crippen LogP contribution in [-0.4, -0.2) is 47.0 Å². The molecule has 0 spiro atoms. The van der Waals surface area contributed by atoms with Crippen LogP contribution in [0.1, 0.15) is 13.3 Å². The van der Waals surface area contributed by atoms with Crippen molar-refractivity contribution in [2.45, 2.75) is 24.3 Å². The maximum absolute atomic E-state index is 13.9. The van der Waals surface area contributed by atoms with Crippen molar-refractivity contribution in [3.63, 3.8) is 0 Å². The molecule has 0 amide bonds. The standard InChI is InChI=1S/C21H20BrClFN3O3S/c1-12-6-7-27(11-19(12)28)31(29,30)20-9-14(3-5-16(20)23)21-25-10-18(26-21)13-2-4-15(22)17(24)8-13/h2-5,8-10,12,19,28H,6-7,11H2,1H3,(H,25,26)/t12-,19-/m0/s1. The van der Waals surface area contributed by atoms with E-state index in [0.29, 0.717) is 40.1 Å². The lowest BCUT2D eigenvalue weighted by molar-refractivity contribution is 0.0605. The van der Waals surface area contributed by atoms with Crippen LogP contribution in [0, 0.1) is 11.7 Å². The van der Waals surface area contributed by atoms with Crippen molar-refractivity contribution >= 4 is 37.6 Å². The molecule has 0 radical (unpaired) electrons. The summed E-state index contributed by atoms with van der Waals surface area (Å²) in [5, 5.41) is 10.2. The van der Waals surface area contributed by atoms with Crippen LogP contribution in [0.4, 0.5) is 4.39 Å². The number of β-amino-alcohol motifs (C(OH)–C–C–N with tert-alkyl or cyclic N) is 1. The Morgan fingerprint density at radius 3 is 2.71 bits per heavy atom. The van der Waals surface area contributed by atoms with E-state index in [4.69, 9.17) is 11.6 Å². The van der Waals surface area contributed by atoms with Gasteiger partial charge in [-0.25, -0.2) is 17.8 Å². The van der Waals surface area contributed by atoms with E-state index in [1.54, 1.807) is 24.4 Å². The Balaban J connectivity index is 1.67. The minimum atomic E-state index is -3.89. The predicted molar refractivity (Wildman–Crippen MR) is 121 cm³/mol. The first-order valence-corrected chi connectivity index (χ1v) is 12.3. The lowest BCUT2D eigenvalue weighted by Crippen LogP contribution is -2.45. The number of hydrogen-bond acceptors (Lipinski definition) is 4. The number of sulfonamides is 1. The quantitative estimate of drug-likeness (QED) is 0.514. The van der Waals surface area contributed by atoms with Crippen molar-refractivity contribution < 1.29 is 17.9 Å². The molecule has 1 fully saturated rings. The molecule has 164 valence electrons. The van der Waals surface area contributed by atoms with Gasteiger partial charge in [-0.05, 0) is 58.6 Å². The molecular formula is C21H20BrClFN3O3S. The van der Waals surface area contributed by atoms with E-state index in [1.165, 1.54) is 22.5 Å². The highest BCUT2D eigenvalue weighted by Crippen LogP contribution is 2.32. The molecule has 4 rings (SSSR count). The molecule has 0 unspecified atom stereocenters. The summed E-state index contributed by atoms with van der Waals surface area (Å²) in [6.07, 6.45) is 1.41. The summed E-state index contributed by atoms with van der Waals surface area (Å²) in [6.45, 7) is 2.25. The normalized spacial score (nSPS) is 20.2. The maximum atomic E-state index is 13.9. The highest BCUT2D eigenvalue weighted by molar-refractivity contribution is 9.10. The van der Waals surface area contributed by atoms with Gasteiger partial charge in [0.15, 0.2) is 0 Å². The van der Waals surface area contributed by atoms with Crippen molar-refractivity contribution in [2.75, 3.05) is 13.1 Å². The lowest BCUT2D eigenvalue weighted by atomic mass is 9.98. The zero-order valence-electron chi connectivity index (χ0n) is 16.5.